The lowest BCUT2D eigenvalue weighted by molar-refractivity contribution is -0.155. The maximum absolute atomic E-state index is 12.0. The van der Waals surface area contributed by atoms with Crippen LogP contribution in [0.25, 0.3) is 0 Å². The van der Waals surface area contributed by atoms with Crippen LogP contribution in [0.15, 0.2) is 29.6 Å². The van der Waals surface area contributed by atoms with Crippen molar-refractivity contribution in [2.24, 2.45) is 5.34 Å². The number of carbonyl (C=O) groups excluding carboxylic acids is 1. The van der Waals surface area contributed by atoms with Gasteiger partial charge >= 0.3 is 5.97 Å². The molecule has 2 rings (SSSR count). The number of benzene rings is 1. The first-order valence-corrected chi connectivity index (χ1v) is 10.5. The quantitative estimate of drug-likeness (QED) is 0.311. The van der Waals surface area contributed by atoms with E-state index in [9.17, 15) is 9.70 Å². The summed E-state index contributed by atoms with van der Waals surface area (Å²) in [4.78, 5) is 27.3. The average Bonchev–Trinajstić information content (AvgIpc) is 3.17. The van der Waals surface area contributed by atoms with Gasteiger partial charge in [-0.25, -0.2) is 4.79 Å². The molecule has 1 unspecified atom stereocenters. The maximum atomic E-state index is 12.0. The van der Waals surface area contributed by atoms with Gasteiger partial charge in [-0.3, -0.25) is 0 Å². The molecule has 1 aliphatic carbocycles. The van der Waals surface area contributed by atoms with Crippen molar-refractivity contribution >= 4 is 5.97 Å². The van der Waals surface area contributed by atoms with E-state index in [0.717, 1.165) is 30.6 Å². The third-order valence-corrected chi connectivity index (χ3v) is 4.94. The van der Waals surface area contributed by atoms with Crippen molar-refractivity contribution in [1.29, 1.82) is 0 Å². The summed E-state index contributed by atoms with van der Waals surface area (Å²) in [7, 11) is 0. The summed E-state index contributed by atoms with van der Waals surface area (Å²) < 4.78 is 16.8. The third kappa shape index (κ3) is 8.28. The van der Waals surface area contributed by atoms with Crippen molar-refractivity contribution in [1.82, 2.24) is 5.32 Å². The number of ether oxygens (including phenoxy) is 3. The van der Waals surface area contributed by atoms with Gasteiger partial charge in [0.25, 0.3) is 0 Å². The van der Waals surface area contributed by atoms with Gasteiger partial charge in [0.1, 0.15) is 31.2 Å². The first kappa shape index (κ1) is 24.1. The Kier molecular flexibility index (Phi) is 9.52. The number of para-hydroxylation sites is 1. The van der Waals surface area contributed by atoms with Crippen molar-refractivity contribution in [3.63, 3.8) is 0 Å². The van der Waals surface area contributed by atoms with E-state index in [1.807, 2.05) is 31.2 Å². The Morgan fingerprint density at radius 3 is 2.73 bits per heavy atom. The molecule has 1 saturated carbocycles. The van der Waals surface area contributed by atoms with Gasteiger partial charge in [0.15, 0.2) is 5.34 Å². The van der Waals surface area contributed by atoms with E-state index in [0.29, 0.717) is 13.2 Å². The minimum absolute atomic E-state index is 0.0761. The molecule has 3 atom stereocenters. The molecule has 0 radical (unpaired) electrons. The normalized spacial score (nSPS) is 19.9. The number of rotatable bonds is 12. The molecule has 0 heterocycles. The van der Waals surface area contributed by atoms with Crippen molar-refractivity contribution < 1.29 is 23.8 Å². The molecule has 1 aromatic rings. The second-order valence-electron chi connectivity index (χ2n) is 8.54. The zero-order valence-corrected chi connectivity index (χ0v) is 18.4. The lowest BCUT2D eigenvalue weighted by atomic mass is 9.96. The Labute approximate surface area is 178 Å². The van der Waals surface area contributed by atoms with E-state index in [1.54, 1.807) is 0 Å². The summed E-state index contributed by atoms with van der Waals surface area (Å²) >= 11 is 0. The van der Waals surface area contributed by atoms with Gasteiger partial charge in [-0.2, -0.15) is 0 Å². The van der Waals surface area contributed by atoms with E-state index < -0.39 is 12.1 Å². The summed E-state index contributed by atoms with van der Waals surface area (Å²) in [6.45, 7) is 9.05. The topological polar surface area (TPSA) is 95.5 Å². The van der Waals surface area contributed by atoms with Crippen molar-refractivity contribution in [2.45, 2.75) is 70.6 Å². The van der Waals surface area contributed by atoms with Crippen LogP contribution in [0, 0.1) is 4.91 Å². The lowest BCUT2D eigenvalue weighted by Crippen LogP contribution is -2.44. The minimum Gasteiger partial charge on any atom is -0.489 e. The van der Waals surface area contributed by atoms with Gasteiger partial charge in [0.2, 0.25) is 0 Å². The van der Waals surface area contributed by atoms with Gasteiger partial charge in [0.05, 0.1) is 0 Å². The van der Waals surface area contributed by atoms with Crippen molar-refractivity contribution in [2.75, 3.05) is 26.4 Å². The summed E-state index contributed by atoms with van der Waals surface area (Å²) in [5, 5.41) is 5.92. The molecule has 0 bridgehead atoms. The average molecular weight is 423 g/mol. The summed E-state index contributed by atoms with van der Waals surface area (Å²) in [6.07, 6.45) is 1.81. The maximum Gasteiger partial charge on any atom is 0.332 e. The van der Waals surface area contributed by atoms with E-state index in [-0.39, 0.29) is 30.8 Å². The summed E-state index contributed by atoms with van der Waals surface area (Å²) in [5.74, 6) is 0.579. The Balaban J connectivity index is 2.01. The molecule has 30 heavy (non-hydrogen) atoms. The highest BCUT2D eigenvalue weighted by Crippen LogP contribution is 2.40. The zero-order chi connectivity index (χ0) is 22.0. The third-order valence-electron chi connectivity index (χ3n) is 4.94. The molecule has 168 valence electrons. The molecule has 1 aliphatic rings. The van der Waals surface area contributed by atoms with Crippen LogP contribution in [0.4, 0.5) is 0 Å². The van der Waals surface area contributed by atoms with E-state index in [1.165, 1.54) is 0 Å². The largest absolute Gasteiger partial charge is 0.489 e. The first-order valence-electron chi connectivity index (χ1n) is 10.5. The predicted octanol–water partition coefficient (Wildman–Crippen LogP) is 3.74. The second kappa shape index (κ2) is 11.9. The van der Waals surface area contributed by atoms with Crippen LogP contribution < -0.4 is 10.1 Å². The lowest BCUT2D eigenvalue weighted by Gasteiger charge is -2.26. The number of esters is 1. The van der Waals surface area contributed by atoms with Gasteiger partial charge < -0.3 is 24.4 Å². The first-order chi connectivity index (χ1) is 14.3. The van der Waals surface area contributed by atoms with Crippen LogP contribution >= 0.6 is 0 Å². The minimum atomic E-state index is -0.454. The van der Waals surface area contributed by atoms with E-state index >= 15 is 0 Å². The van der Waals surface area contributed by atoms with Crippen molar-refractivity contribution in [3.05, 3.63) is 34.7 Å². The SMILES string of the molecule is CCOCC(=O)O[C@@H](CNC(C)(C)C)COc1ccccc1C1CC[C@@H](ON=O)C1. The molecule has 8 heteroatoms. The standard InChI is InChI=1S/C22H34N2O6/c1-5-27-15-21(25)29-18(13-23-22(2,3)4)14-28-20-9-7-6-8-19(20)16-10-11-17(12-16)30-24-26/h6-9,16-18,23H,5,10-15H2,1-4H3/t16?,17-,18+/m1/s1. The number of carbonyl (C=O) groups is 1. The number of nitrogens with one attached hydrogen (secondary N) is 1. The molecule has 1 aromatic carbocycles. The Hall–Kier alpha value is -2.19. The Bertz CT molecular complexity index is 676. The molecule has 0 spiro atoms. The highest BCUT2D eigenvalue weighted by molar-refractivity contribution is 5.70. The number of nitrogens with zero attached hydrogens (tertiary/aromatic N) is 1. The molecule has 0 aliphatic heterocycles. The van der Waals surface area contributed by atoms with Crippen LogP contribution in [0.2, 0.25) is 0 Å². The molecular weight excluding hydrogens is 388 g/mol. The molecule has 0 aromatic heterocycles. The molecule has 1 N–H and O–H groups in total. The molecule has 8 nitrogen and oxygen atoms in total. The van der Waals surface area contributed by atoms with Crippen molar-refractivity contribution in [3.8, 4) is 5.75 Å². The zero-order valence-electron chi connectivity index (χ0n) is 18.4. The highest BCUT2D eigenvalue weighted by atomic mass is 16.7. The Morgan fingerprint density at radius 1 is 1.27 bits per heavy atom. The highest BCUT2D eigenvalue weighted by Gasteiger charge is 2.30. The van der Waals surface area contributed by atoms with E-state index in [4.69, 9.17) is 19.0 Å². The van der Waals surface area contributed by atoms with Gasteiger partial charge in [-0.05, 0) is 64.5 Å². The molecule has 0 saturated heterocycles. The van der Waals surface area contributed by atoms with Crippen LogP contribution in [0.5, 0.6) is 5.75 Å². The monoisotopic (exact) mass is 422 g/mol. The van der Waals surface area contributed by atoms with Gasteiger partial charge in [0, 0.05) is 18.7 Å². The van der Waals surface area contributed by atoms with Crippen LogP contribution in [0.3, 0.4) is 0 Å². The fraction of sp³-hybridized carbons (Fsp3) is 0.682. The van der Waals surface area contributed by atoms with Gasteiger partial charge in [-0.1, -0.05) is 18.2 Å². The van der Waals surface area contributed by atoms with Crippen LogP contribution in [-0.4, -0.2) is 50.1 Å². The fourth-order valence-corrected chi connectivity index (χ4v) is 3.47. The number of hydrogen-bond acceptors (Lipinski definition) is 8. The Morgan fingerprint density at radius 2 is 2.03 bits per heavy atom. The molecule has 0 amide bonds. The summed E-state index contributed by atoms with van der Waals surface area (Å²) in [6, 6.07) is 7.82. The second-order valence-corrected chi connectivity index (χ2v) is 8.54. The number of hydrogen-bond donors (Lipinski definition) is 1. The van der Waals surface area contributed by atoms with E-state index in [2.05, 4.69) is 31.4 Å². The smallest absolute Gasteiger partial charge is 0.332 e. The molecular formula is C22H34N2O6. The fourth-order valence-electron chi connectivity index (χ4n) is 3.47. The molecule has 1 fully saturated rings. The predicted molar refractivity (Wildman–Crippen MR) is 113 cm³/mol. The van der Waals surface area contributed by atoms with Gasteiger partial charge in [-0.15, -0.1) is 4.91 Å². The van der Waals surface area contributed by atoms with Crippen LogP contribution in [-0.2, 0) is 19.1 Å². The summed E-state index contributed by atoms with van der Waals surface area (Å²) in [5.41, 5.74) is 0.950. The van der Waals surface area contributed by atoms with Crippen LogP contribution in [0.1, 0.15) is 58.4 Å².